The van der Waals surface area contributed by atoms with Crippen molar-refractivity contribution in [2.45, 2.75) is 11.3 Å². The second kappa shape index (κ2) is 6.98. The Labute approximate surface area is 124 Å². The number of aliphatic hydroxyl groups is 1. The van der Waals surface area contributed by atoms with E-state index in [1.165, 1.54) is 11.8 Å². The van der Waals surface area contributed by atoms with Crippen molar-refractivity contribution in [1.82, 2.24) is 9.55 Å². The molecule has 1 N–H and O–H groups in total. The molecule has 102 valence electrons. The molecule has 1 atom stereocenters. The summed E-state index contributed by atoms with van der Waals surface area (Å²) in [6, 6.07) is 7.57. The van der Waals surface area contributed by atoms with Gasteiger partial charge in [-0.1, -0.05) is 33.8 Å². The standard InChI is InChI=1S/C13H15BrN2O2S/c1-16-6-5-15-13(16)19-9-11(17)8-18-12-4-2-3-10(14)7-12/h2-7,11,17H,8-9H2,1H3. The Balaban J connectivity index is 1.76. The molecular weight excluding hydrogens is 328 g/mol. The van der Waals surface area contributed by atoms with E-state index in [1.54, 1.807) is 6.20 Å². The molecule has 0 saturated carbocycles. The third kappa shape index (κ3) is 4.56. The van der Waals surface area contributed by atoms with Crippen LogP contribution in [0.15, 0.2) is 46.3 Å². The first-order valence-corrected chi connectivity index (χ1v) is 7.59. The van der Waals surface area contributed by atoms with Crippen molar-refractivity contribution in [3.63, 3.8) is 0 Å². The van der Waals surface area contributed by atoms with Gasteiger partial charge in [0.1, 0.15) is 12.4 Å². The lowest BCUT2D eigenvalue weighted by atomic mass is 10.3. The topological polar surface area (TPSA) is 47.3 Å². The molecule has 0 amide bonds. The summed E-state index contributed by atoms with van der Waals surface area (Å²) in [5.74, 6) is 1.30. The number of rotatable bonds is 6. The fourth-order valence-corrected chi connectivity index (χ4v) is 2.67. The van der Waals surface area contributed by atoms with Crippen LogP contribution in [-0.4, -0.2) is 33.1 Å². The number of imidazole rings is 1. The van der Waals surface area contributed by atoms with E-state index in [2.05, 4.69) is 20.9 Å². The van der Waals surface area contributed by atoms with Gasteiger partial charge in [-0.2, -0.15) is 0 Å². The first-order valence-electron chi connectivity index (χ1n) is 5.81. The number of ether oxygens (including phenoxy) is 1. The van der Waals surface area contributed by atoms with Crippen LogP contribution >= 0.6 is 27.7 Å². The van der Waals surface area contributed by atoms with E-state index in [4.69, 9.17) is 4.74 Å². The molecule has 1 unspecified atom stereocenters. The third-order valence-electron chi connectivity index (χ3n) is 2.42. The number of aromatic nitrogens is 2. The van der Waals surface area contributed by atoms with E-state index in [-0.39, 0.29) is 6.61 Å². The van der Waals surface area contributed by atoms with Gasteiger partial charge in [0.25, 0.3) is 0 Å². The lowest BCUT2D eigenvalue weighted by molar-refractivity contribution is 0.126. The van der Waals surface area contributed by atoms with Crippen molar-refractivity contribution < 1.29 is 9.84 Å². The molecule has 0 aliphatic heterocycles. The molecule has 2 rings (SSSR count). The highest BCUT2D eigenvalue weighted by atomic mass is 79.9. The molecule has 6 heteroatoms. The molecule has 1 aromatic heterocycles. The number of benzene rings is 1. The predicted octanol–water partition coefficient (Wildman–Crippen LogP) is 2.71. The zero-order valence-corrected chi connectivity index (χ0v) is 12.9. The summed E-state index contributed by atoms with van der Waals surface area (Å²) in [6.45, 7) is 0.272. The fourth-order valence-electron chi connectivity index (χ4n) is 1.46. The number of aliphatic hydroxyl groups excluding tert-OH is 1. The number of nitrogens with zero attached hydrogens (tertiary/aromatic N) is 2. The molecule has 1 heterocycles. The second-order valence-corrected chi connectivity index (χ2v) is 5.96. The lowest BCUT2D eigenvalue weighted by Gasteiger charge is -2.12. The van der Waals surface area contributed by atoms with Gasteiger partial charge in [-0.15, -0.1) is 0 Å². The number of aryl methyl sites for hydroxylation is 1. The third-order valence-corrected chi connectivity index (χ3v) is 4.12. The fraction of sp³-hybridized carbons (Fsp3) is 0.308. The number of halogens is 1. The van der Waals surface area contributed by atoms with Gasteiger partial charge in [0.15, 0.2) is 5.16 Å². The molecule has 0 spiro atoms. The molecule has 0 saturated heterocycles. The maximum atomic E-state index is 9.87. The normalized spacial score (nSPS) is 12.4. The van der Waals surface area contributed by atoms with Gasteiger partial charge >= 0.3 is 0 Å². The molecule has 0 radical (unpaired) electrons. The Kier molecular flexibility index (Phi) is 5.30. The van der Waals surface area contributed by atoms with Crippen LogP contribution in [0.3, 0.4) is 0 Å². The van der Waals surface area contributed by atoms with E-state index < -0.39 is 6.10 Å². The largest absolute Gasteiger partial charge is 0.491 e. The highest BCUT2D eigenvalue weighted by Gasteiger charge is 2.08. The first kappa shape index (κ1) is 14.4. The highest BCUT2D eigenvalue weighted by molar-refractivity contribution is 9.10. The maximum absolute atomic E-state index is 9.87. The van der Waals surface area contributed by atoms with Crippen LogP contribution in [0.1, 0.15) is 0 Å². The summed E-state index contributed by atoms with van der Waals surface area (Å²) in [6.07, 6.45) is 3.10. The zero-order chi connectivity index (χ0) is 13.7. The molecule has 0 aliphatic rings. The quantitative estimate of drug-likeness (QED) is 0.820. The van der Waals surface area contributed by atoms with Crippen molar-refractivity contribution in [2.75, 3.05) is 12.4 Å². The van der Waals surface area contributed by atoms with Crippen molar-refractivity contribution in [3.8, 4) is 5.75 Å². The average Bonchev–Trinajstić information content (AvgIpc) is 2.80. The molecular formula is C13H15BrN2O2S. The van der Waals surface area contributed by atoms with Gasteiger partial charge < -0.3 is 14.4 Å². The average molecular weight is 343 g/mol. The van der Waals surface area contributed by atoms with Crippen molar-refractivity contribution in [1.29, 1.82) is 0 Å². The number of hydrogen-bond acceptors (Lipinski definition) is 4. The maximum Gasteiger partial charge on any atom is 0.167 e. The Morgan fingerprint density at radius 3 is 3.05 bits per heavy atom. The molecule has 1 aromatic carbocycles. The lowest BCUT2D eigenvalue weighted by Crippen LogP contribution is -2.20. The van der Waals surface area contributed by atoms with E-state index in [1.807, 2.05) is 42.1 Å². The molecule has 0 fully saturated rings. The number of thioether (sulfide) groups is 1. The van der Waals surface area contributed by atoms with Crippen LogP contribution < -0.4 is 4.74 Å². The zero-order valence-electron chi connectivity index (χ0n) is 10.5. The molecule has 0 aliphatic carbocycles. The van der Waals surface area contributed by atoms with E-state index >= 15 is 0 Å². The minimum Gasteiger partial charge on any atom is -0.491 e. The summed E-state index contributed by atoms with van der Waals surface area (Å²) in [5.41, 5.74) is 0. The summed E-state index contributed by atoms with van der Waals surface area (Å²) in [5, 5.41) is 10.8. The van der Waals surface area contributed by atoms with Gasteiger partial charge in [0.2, 0.25) is 0 Å². The van der Waals surface area contributed by atoms with E-state index in [0.717, 1.165) is 15.4 Å². The van der Waals surface area contributed by atoms with E-state index in [9.17, 15) is 5.11 Å². The molecule has 0 bridgehead atoms. The van der Waals surface area contributed by atoms with Crippen LogP contribution in [0.25, 0.3) is 0 Å². The van der Waals surface area contributed by atoms with Crippen molar-refractivity contribution in [2.24, 2.45) is 7.05 Å². The van der Waals surface area contributed by atoms with Crippen LogP contribution in [0.5, 0.6) is 5.75 Å². The number of hydrogen-bond donors (Lipinski definition) is 1. The predicted molar refractivity (Wildman–Crippen MR) is 79.6 cm³/mol. The van der Waals surface area contributed by atoms with Gasteiger partial charge in [-0.25, -0.2) is 4.98 Å². The van der Waals surface area contributed by atoms with Crippen LogP contribution in [0.4, 0.5) is 0 Å². The highest BCUT2D eigenvalue weighted by Crippen LogP contribution is 2.19. The van der Waals surface area contributed by atoms with Gasteiger partial charge in [-0.3, -0.25) is 0 Å². The van der Waals surface area contributed by atoms with Crippen LogP contribution in [0, 0.1) is 0 Å². The first-order chi connectivity index (χ1) is 9.15. The SMILES string of the molecule is Cn1ccnc1SCC(O)COc1cccc(Br)c1. The summed E-state index contributed by atoms with van der Waals surface area (Å²) in [7, 11) is 1.93. The van der Waals surface area contributed by atoms with E-state index in [0.29, 0.717) is 5.75 Å². The minimum atomic E-state index is -0.527. The molecule has 2 aromatic rings. The van der Waals surface area contributed by atoms with Gasteiger partial charge in [-0.05, 0) is 18.2 Å². The van der Waals surface area contributed by atoms with Crippen molar-refractivity contribution >= 4 is 27.7 Å². The smallest absolute Gasteiger partial charge is 0.167 e. The summed E-state index contributed by atoms with van der Waals surface area (Å²) in [4.78, 5) is 4.19. The molecule has 19 heavy (non-hydrogen) atoms. The Morgan fingerprint density at radius 1 is 1.53 bits per heavy atom. The van der Waals surface area contributed by atoms with Gasteiger partial charge in [0, 0.05) is 29.7 Å². The Hall–Kier alpha value is -0.980. The van der Waals surface area contributed by atoms with Crippen molar-refractivity contribution in [3.05, 3.63) is 41.1 Å². The minimum absolute atomic E-state index is 0.272. The van der Waals surface area contributed by atoms with Crippen LogP contribution in [-0.2, 0) is 7.05 Å². The monoisotopic (exact) mass is 342 g/mol. The Bertz CT molecular complexity index is 533. The summed E-state index contributed by atoms with van der Waals surface area (Å²) >= 11 is 4.89. The summed E-state index contributed by atoms with van der Waals surface area (Å²) < 4.78 is 8.41. The second-order valence-electron chi connectivity index (χ2n) is 4.05. The molecule has 4 nitrogen and oxygen atoms in total. The Morgan fingerprint density at radius 2 is 2.37 bits per heavy atom. The van der Waals surface area contributed by atoms with Gasteiger partial charge in [0.05, 0.1) is 6.10 Å². The van der Waals surface area contributed by atoms with Crippen LogP contribution in [0.2, 0.25) is 0 Å².